The van der Waals surface area contributed by atoms with E-state index in [1.165, 1.54) is 22.5 Å². The van der Waals surface area contributed by atoms with Crippen LogP contribution in [-0.2, 0) is 16.4 Å². The minimum absolute atomic E-state index is 0.0132. The first-order chi connectivity index (χ1) is 13.8. The van der Waals surface area contributed by atoms with Crippen LogP contribution in [0.25, 0.3) is 0 Å². The Morgan fingerprint density at radius 3 is 2.62 bits per heavy atom. The van der Waals surface area contributed by atoms with E-state index in [-0.39, 0.29) is 10.6 Å². The molecule has 0 saturated heterocycles. The summed E-state index contributed by atoms with van der Waals surface area (Å²) in [5, 5.41) is 6.38. The van der Waals surface area contributed by atoms with Crippen LogP contribution in [0, 0.1) is 12.7 Å². The second-order valence-corrected chi connectivity index (χ2v) is 8.62. The molecule has 0 atom stereocenters. The van der Waals surface area contributed by atoms with Gasteiger partial charge in [-0.1, -0.05) is 11.2 Å². The van der Waals surface area contributed by atoms with Gasteiger partial charge in [-0.25, -0.2) is 12.8 Å². The molecule has 1 aromatic heterocycles. The van der Waals surface area contributed by atoms with Gasteiger partial charge in [0.05, 0.1) is 10.6 Å². The third-order valence-electron chi connectivity index (χ3n) is 4.68. The van der Waals surface area contributed by atoms with Crippen LogP contribution >= 0.6 is 0 Å². The Kier molecular flexibility index (Phi) is 4.83. The normalized spacial score (nSPS) is 13.8. The molecule has 0 spiro atoms. The van der Waals surface area contributed by atoms with Gasteiger partial charge in [0, 0.05) is 18.3 Å². The summed E-state index contributed by atoms with van der Waals surface area (Å²) in [6.45, 7) is 1.98. The number of hydrogen-bond acceptors (Lipinski definition) is 5. The number of hydrogen-bond donors (Lipinski definition) is 1. The minimum Gasteiger partial charge on any atom is -0.361 e. The number of aromatic nitrogens is 1. The Hall–Kier alpha value is -3.20. The van der Waals surface area contributed by atoms with Crippen molar-refractivity contribution in [3.8, 4) is 0 Å². The van der Waals surface area contributed by atoms with Gasteiger partial charge >= 0.3 is 0 Å². The Bertz CT molecular complexity index is 1170. The van der Waals surface area contributed by atoms with E-state index in [1.807, 2.05) is 0 Å². The summed E-state index contributed by atoms with van der Waals surface area (Å²) in [7, 11) is -3.86. The highest BCUT2D eigenvalue weighted by Gasteiger charge is 2.29. The third kappa shape index (κ3) is 3.73. The molecule has 0 saturated carbocycles. The lowest BCUT2D eigenvalue weighted by Crippen LogP contribution is -2.35. The summed E-state index contributed by atoms with van der Waals surface area (Å²) in [6.07, 6.45) is 1.39. The predicted molar refractivity (Wildman–Crippen MR) is 105 cm³/mol. The van der Waals surface area contributed by atoms with E-state index in [0.29, 0.717) is 30.1 Å². The highest BCUT2D eigenvalue weighted by atomic mass is 32.2. The molecule has 0 aliphatic carbocycles. The van der Waals surface area contributed by atoms with Gasteiger partial charge in [-0.15, -0.1) is 0 Å². The van der Waals surface area contributed by atoms with Gasteiger partial charge in [-0.2, -0.15) is 0 Å². The molecule has 2 heterocycles. The van der Waals surface area contributed by atoms with Gasteiger partial charge in [0.2, 0.25) is 0 Å². The molecule has 9 heteroatoms. The molecule has 150 valence electrons. The number of anilines is 2. The number of sulfonamides is 1. The summed E-state index contributed by atoms with van der Waals surface area (Å²) in [5.41, 5.74) is 1.93. The van der Waals surface area contributed by atoms with Crippen molar-refractivity contribution < 1.29 is 22.1 Å². The van der Waals surface area contributed by atoms with E-state index in [9.17, 15) is 17.6 Å². The molecule has 0 bridgehead atoms. The van der Waals surface area contributed by atoms with E-state index >= 15 is 0 Å². The molecule has 1 amide bonds. The molecule has 3 aromatic rings. The SMILES string of the molecule is Cc1cc(C(=O)Nc2ccc3c(c2)N(S(=O)(=O)c2ccc(F)cc2)CCC3)no1. The molecule has 0 unspecified atom stereocenters. The van der Waals surface area contributed by atoms with Crippen LogP contribution in [0.4, 0.5) is 15.8 Å². The van der Waals surface area contributed by atoms with Crippen molar-refractivity contribution in [3.05, 3.63) is 71.4 Å². The molecular weight excluding hydrogens is 397 g/mol. The minimum atomic E-state index is -3.86. The van der Waals surface area contributed by atoms with Crippen LogP contribution in [0.15, 0.2) is 57.9 Å². The van der Waals surface area contributed by atoms with E-state index in [2.05, 4.69) is 10.5 Å². The van der Waals surface area contributed by atoms with Crippen molar-refractivity contribution >= 4 is 27.3 Å². The lowest BCUT2D eigenvalue weighted by Gasteiger charge is -2.31. The fourth-order valence-corrected chi connectivity index (χ4v) is 4.80. The summed E-state index contributed by atoms with van der Waals surface area (Å²) in [5.74, 6) is -0.446. The van der Waals surface area contributed by atoms with Gasteiger partial charge in [0.1, 0.15) is 11.6 Å². The van der Waals surface area contributed by atoms with Crippen molar-refractivity contribution in [2.24, 2.45) is 0 Å². The summed E-state index contributed by atoms with van der Waals surface area (Å²) >= 11 is 0. The fourth-order valence-electron chi connectivity index (χ4n) is 3.27. The number of nitrogens with zero attached hydrogens (tertiary/aromatic N) is 2. The average Bonchev–Trinajstić information content (AvgIpc) is 3.14. The number of nitrogens with one attached hydrogen (secondary N) is 1. The van der Waals surface area contributed by atoms with Crippen LogP contribution in [0.1, 0.15) is 28.2 Å². The van der Waals surface area contributed by atoms with Crippen molar-refractivity contribution in [1.82, 2.24) is 5.16 Å². The van der Waals surface area contributed by atoms with E-state index < -0.39 is 21.7 Å². The number of aryl methyl sites for hydroxylation is 2. The Morgan fingerprint density at radius 2 is 1.93 bits per heavy atom. The van der Waals surface area contributed by atoms with E-state index in [0.717, 1.165) is 24.1 Å². The molecule has 29 heavy (non-hydrogen) atoms. The van der Waals surface area contributed by atoms with Crippen LogP contribution in [0.5, 0.6) is 0 Å². The van der Waals surface area contributed by atoms with Gasteiger partial charge < -0.3 is 9.84 Å². The molecular formula is C20H18FN3O4S. The maximum Gasteiger partial charge on any atom is 0.277 e. The molecule has 0 fully saturated rings. The maximum absolute atomic E-state index is 13.2. The average molecular weight is 415 g/mol. The second-order valence-electron chi connectivity index (χ2n) is 6.76. The molecule has 7 nitrogen and oxygen atoms in total. The van der Waals surface area contributed by atoms with Crippen molar-refractivity contribution in [1.29, 1.82) is 0 Å². The van der Waals surface area contributed by atoms with Crippen LogP contribution in [-0.4, -0.2) is 26.0 Å². The van der Waals surface area contributed by atoms with Gasteiger partial charge in [0.25, 0.3) is 15.9 Å². The Labute approximate surface area is 167 Å². The highest BCUT2D eigenvalue weighted by molar-refractivity contribution is 7.92. The van der Waals surface area contributed by atoms with Crippen LogP contribution in [0.2, 0.25) is 0 Å². The number of fused-ring (bicyclic) bond motifs is 1. The molecule has 1 N–H and O–H groups in total. The van der Waals surface area contributed by atoms with E-state index in [1.54, 1.807) is 25.1 Å². The topological polar surface area (TPSA) is 92.5 Å². The molecule has 1 aliphatic heterocycles. The fraction of sp³-hybridized carbons (Fsp3) is 0.200. The first kappa shape index (κ1) is 19.1. The third-order valence-corrected chi connectivity index (χ3v) is 6.51. The number of amides is 1. The van der Waals surface area contributed by atoms with Crippen molar-refractivity contribution in [3.63, 3.8) is 0 Å². The van der Waals surface area contributed by atoms with Crippen molar-refractivity contribution in [2.45, 2.75) is 24.7 Å². The summed E-state index contributed by atoms with van der Waals surface area (Å²) in [4.78, 5) is 12.3. The lowest BCUT2D eigenvalue weighted by atomic mass is 10.0. The number of rotatable bonds is 4. The van der Waals surface area contributed by atoms with Gasteiger partial charge in [0.15, 0.2) is 5.69 Å². The zero-order valence-electron chi connectivity index (χ0n) is 15.6. The first-order valence-corrected chi connectivity index (χ1v) is 10.4. The van der Waals surface area contributed by atoms with Crippen LogP contribution in [0.3, 0.4) is 0 Å². The quantitative estimate of drug-likeness (QED) is 0.704. The standard InChI is InChI=1S/C20H18FN3O4S/c1-13-11-18(23-28-13)20(25)22-16-7-4-14-3-2-10-24(19(14)12-16)29(26,27)17-8-5-15(21)6-9-17/h4-9,11-12H,2-3,10H2,1H3,(H,22,25). The largest absolute Gasteiger partial charge is 0.361 e. The number of benzene rings is 2. The van der Waals surface area contributed by atoms with Gasteiger partial charge in [-0.3, -0.25) is 9.10 Å². The number of carbonyl (C=O) groups excluding carboxylic acids is 1. The highest BCUT2D eigenvalue weighted by Crippen LogP contribution is 2.34. The maximum atomic E-state index is 13.2. The zero-order valence-corrected chi connectivity index (χ0v) is 16.4. The zero-order chi connectivity index (χ0) is 20.6. The molecule has 1 aliphatic rings. The van der Waals surface area contributed by atoms with Gasteiger partial charge in [-0.05, 0) is 61.7 Å². The summed E-state index contributed by atoms with van der Waals surface area (Å²) in [6, 6.07) is 11.4. The van der Waals surface area contributed by atoms with Crippen LogP contribution < -0.4 is 9.62 Å². The number of carbonyl (C=O) groups is 1. The molecule has 2 aromatic carbocycles. The second kappa shape index (κ2) is 7.32. The molecule has 4 rings (SSSR count). The lowest BCUT2D eigenvalue weighted by molar-refractivity contribution is 0.101. The summed E-state index contributed by atoms with van der Waals surface area (Å²) < 4.78 is 45.6. The van der Waals surface area contributed by atoms with Crippen molar-refractivity contribution in [2.75, 3.05) is 16.2 Å². The smallest absolute Gasteiger partial charge is 0.277 e. The Morgan fingerprint density at radius 1 is 1.17 bits per heavy atom. The molecule has 0 radical (unpaired) electrons. The Balaban J connectivity index is 1.66. The monoisotopic (exact) mass is 415 g/mol. The predicted octanol–water partition coefficient (Wildman–Crippen LogP) is 3.52. The number of halogens is 1. The van der Waals surface area contributed by atoms with E-state index in [4.69, 9.17) is 4.52 Å². The first-order valence-electron chi connectivity index (χ1n) is 9.00.